The van der Waals surface area contributed by atoms with Crippen LogP contribution in [0.5, 0.6) is 0 Å². The van der Waals surface area contributed by atoms with Gasteiger partial charge in [-0.05, 0) is 17.7 Å². The summed E-state index contributed by atoms with van der Waals surface area (Å²) in [4.78, 5) is 12.2. The lowest BCUT2D eigenvalue weighted by Gasteiger charge is -2.17. The fourth-order valence-corrected chi connectivity index (χ4v) is 2.20. The van der Waals surface area contributed by atoms with Gasteiger partial charge in [-0.15, -0.1) is 12.4 Å². The minimum atomic E-state index is -1.39. The number of carbonyl (C=O) groups is 1. The third-order valence-electron chi connectivity index (χ3n) is 3.47. The molecule has 0 bridgehead atoms. The Kier molecular flexibility index (Phi) is 7.47. The smallest absolute Gasteiger partial charge is 0.254 e. The molecule has 0 spiro atoms. The van der Waals surface area contributed by atoms with Gasteiger partial charge < -0.3 is 15.8 Å². The Labute approximate surface area is 150 Å². The SMILES string of the molecule is COC(C(=O)NCc1ccc(C(=N)N)cc1)c1c(F)cccc1F.Cl. The van der Waals surface area contributed by atoms with Gasteiger partial charge in [-0.1, -0.05) is 30.3 Å². The summed E-state index contributed by atoms with van der Waals surface area (Å²) in [5.74, 6) is -2.40. The van der Waals surface area contributed by atoms with Gasteiger partial charge in [-0.25, -0.2) is 8.78 Å². The number of hydrogen-bond acceptors (Lipinski definition) is 3. The first kappa shape index (κ1) is 20.5. The van der Waals surface area contributed by atoms with E-state index < -0.39 is 29.2 Å². The Morgan fingerprint density at radius 1 is 1.20 bits per heavy atom. The van der Waals surface area contributed by atoms with Crippen LogP contribution in [0.2, 0.25) is 0 Å². The number of rotatable bonds is 6. The predicted molar refractivity (Wildman–Crippen MR) is 92.7 cm³/mol. The number of amidine groups is 1. The van der Waals surface area contributed by atoms with E-state index in [1.54, 1.807) is 24.3 Å². The van der Waals surface area contributed by atoms with Crippen molar-refractivity contribution >= 4 is 24.1 Å². The quantitative estimate of drug-likeness (QED) is 0.540. The lowest BCUT2D eigenvalue weighted by atomic mass is 10.1. The summed E-state index contributed by atoms with van der Waals surface area (Å²) in [6, 6.07) is 10.0. The Morgan fingerprint density at radius 3 is 2.24 bits per heavy atom. The van der Waals surface area contributed by atoms with Crippen molar-refractivity contribution in [2.45, 2.75) is 12.6 Å². The Morgan fingerprint density at radius 2 is 1.76 bits per heavy atom. The van der Waals surface area contributed by atoms with E-state index in [1.165, 1.54) is 13.2 Å². The van der Waals surface area contributed by atoms with E-state index in [2.05, 4.69) is 5.32 Å². The van der Waals surface area contributed by atoms with E-state index in [9.17, 15) is 13.6 Å². The summed E-state index contributed by atoms with van der Waals surface area (Å²) in [6.07, 6.45) is -1.39. The molecule has 0 aliphatic rings. The molecule has 8 heteroatoms. The highest BCUT2D eigenvalue weighted by Gasteiger charge is 2.26. The maximum atomic E-state index is 13.8. The lowest BCUT2D eigenvalue weighted by Crippen LogP contribution is -2.31. The molecule has 1 atom stereocenters. The Balaban J connectivity index is 0.00000312. The van der Waals surface area contributed by atoms with Gasteiger partial charge in [-0.2, -0.15) is 0 Å². The molecule has 1 unspecified atom stereocenters. The van der Waals surface area contributed by atoms with Crippen molar-refractivity contribution in [3.8, 4) is 0 Å². The van der Waals surface area contributed by atoms with Crippen molar-refractivity contribution in [3.05, 3.63) is 70.8 Å². The second-order valence-electron chi connectivity index (χ2n) is 5.08. The Hall–Kier alpha value is -2.51. The van der Waals surface area contributed by atoms with E-state index in [1.807, 2.05) is 0 Å². The summed E-state index contributed by atoms with van der Waals surface area (Å²) in [5.41, 5.74) is 6.25. The third-order valence-corrected chi connectivity index (χ3v) is 3.47. The standard InChI is InChI=1S/C17H17F2N3O2.ClH/c1-24-15(14-12(18)3-2-4-13(14)19)17(23)22-9-10-5-7-11(8-6-10)16(20)21;/h2-8,15H,9H2,1H3,(H3,20,21)(H,22,23);1H. The van der Waals surface area contributed by atoms with Crippen LogP contribution < -0.4 is 11.1 Å². The van der Waals surface area contributed by atoms with Crippen LogP contribution in [0.1, 0.15) is 22.8 Å². The van der Waals surface area contributed by atoms with Crippen LogP contribution in [0.15, 0.2) is 42.5 Å². The summed E-state index contributed by atoms with van der Waals surface area (Å²) < 4.78 is 32.6. The second kappa shape index (κ2) is 9.10. The molecule has 0 aromatic heterocycles. The summed E-state index contributed by atoms with van der Waals surface area (Å²) in [6.45, 7) is 0.146. The average molecular weight is 370 g/mol. The minimum absolute atomic E-state index is 0. The number of amides is 1. The van der Waals surface area contributed by atoms with E-state index in [-0.39, 0.29) is 24.8 Å². The van der Waals surface area contributed by atoms with Gasteiger partial charge in [0, 0.05) is 19.2 Å². The van der Waals surface area contributed by atoms with Crippen LogP contribution in [-0.4, -0.2) is 18.9 Å². The molecular formula is C17H18ClF2N3O2. The van der Waals surface area contributed by atoms with Crippen molar-refractivity contribution in [1.82, 2.24) is 5.32 Å². The molecule has 0 saturated carbocycles. The molecule has 5 nitrogen and oxygen atoms in total. The Bertz CT molecular complexity index is 734. The van der Waals surface area contributed by atoms with Gasteiger partial charge in [0.15, 0.2) is 6.10 Å². The van der Waals surface area contributed by atoms with Crippen molar-refractivity contribution in [3.63, 3.8) is 0 Å². The zero-order chi connectivity index (χ0) is 17.7. The van der Waals surface area contributed by atoms with E-state index in [0.29, 0.717) is 5.56 Å². The highest BCUT2D eigenvalue weighted by Crippen LogP contribution is 2.23. The number of benzene rings is 2. The number of ether oxygens (including phenoxy) is 1. The molecule has 0 saturated heterocycles. The maximum Gasteiger partial charge on any atom is 0.254 e. The number of methoxy groups -OCH3 is 1. The number of carbonyl (C=O) groups excluding carboxylic acids is 1. The number of nitrogens with one attached hydrogen (secondary N) is 2. The van der Waals surface area contributed by atoms with Crippen LogP contribution in [0.4, 0.5) is 8.78 Å². The topological polar surface area (TPSA) is 88.2 Å². The fourth-order valence-electron chi connectivity index (χ4n) is 2.20. The number of nitrogens with two attached hydrogens (primary N) is 1. The van der Waals surface area contributed by atoms with Gasteiger partial charge in [-0.3, -0.25) is 10.2 Å². The molecule has 2 aromatic rings. The molecule has 4 N–H and O–H groups in total. The molecule has 0 fully saturated rings. The van der Waals surface area contributed by atoms with E-state index >= 15 is 0 Å². The van der Waals surface area contributed by atoms with Crippen LogP contribution in [0.25, 0.3) is 0 Å². The molecule has 134 valence electrons. The first-order chi connectivity index (χ1) is 11.4. The molecular weight excluding hydrogens is 352 g/mol. The number of halogens is 3. The van der Waals surface area contributed by atoms with E-state index in [4.69, 9.17) is 15.9 Å². The summed E-state index contributed by atoms with van der Waals surface area (Å²) in [5, 5.41) is 9.88. The van der Waals surface area contributed by atoms with Gasteiger partial charge in [0.05, 0.1) is 5.56 Å². The molecule has 25 heavy (non-hydrogen) atoms. The van der Waals surface area contributed by atoms with E-state index in [0.717, 1.165) is 17.7 Å². The maximum absolute atomic E-state index is 13.8. The molecule has 0 aliphatic heterocycles. The average Bonchev–Trinajstić information content (AvgIpc) is 2.56. The summed E-state index contributed by atoms with van der Waals surface area (Å²) in [7, 11) is 1.21. The fraction of sp³-hybridized carbons (Fsp3) is 0.176. The zero-order valence-electron chi connectivity index (χ0n) is 13.4. The van der Waals surface area contributed by atoms with Crippen LogP contribution in [0.3, 0.4) is 0 Å². The molecule has 0 aliphatic carbocycles. The molecule has 0 radical (unpaired) electrons. The van der Waals surface area contributed by atoms with Crippen molar-refractivity contribution in [2.75, 3.05) is 7.11 Å². The normalized spacial score (nSPS) is 11.3. The van der Waals surface area contributed by atoms with Crippen LogP contribution in [0, 0.1) is 17.0 Å². The van der Waals surface area contributed by atoms with Crippen molar-refractivity contribution in [1.29, 1.82) is 5.41 Å². The van der Waals surface area contributed by atoms with Gasteiger partial charge in [0.1, 0.15) is 17.5 Å². The molecule has 2 aromatic carbocycles. The number of hydrogen-bond donors (Lipinski definition) is 3. The zero-order valence-corrected chi connectivity index (χ0v) is 14.2. The third kappa shape index (κ3) is 4.98. The van der Waals surface area contributed by atoms with Gasteiger partial charge >= 0.3 is 0 Å². The molecule has 0 heterocycles. The first-order valence-electron chi connectivity index (χ1n) is 7.11. The van der Waals surface area contributed by atoms with Crippen LogP contribution in [-0.2, 0) is 16.1 Å². The molecule has 1 amide bonds. The largest absolute Gasteiger partial charge is 0.384 e. The predicted octanol–water partition coefficient (Wildman–Crippen LogP) is 2.67. The molecule has 2 rings (SSSR count). The monoisotopic (exact) mass is 369 g/mol. The highest BCUT2D eigenvalue weighted by atomic mass is 35.5. The first-order valence-corrected chi connectivity index (χ1v) is 7.11. The summed E-state index contributed by atoms with van der Waals surface area (Å²) >= 11 is 0. The lowest BCUT2D eigenvalue weighted by molar-refractivity contribution is -0.131. The van der Waals surface area contributed by atoms with Crippen molar-refractivity contribution < 1.29 is 18.3 Å². The van der Waals surface area contributed by atoms with Gasteiger partial charge in [0.2, 0.25) is 0 Å². The van der Waals surface area contributed by atoms with Crippen molar-refractivity contribution in [2.24, 2.45) is 5.73 Å². The number of nitrogen functional groups attached to an aromatic ring is 1. The second-order valence-corrected chi connectivity index (χ2v) is 5.08. The van der Waals surface area contributed by atoms with Crippen LogP contribution >= 0.6 is 12.4 Å². The minimum Gasteiger partial charge on any atom is -0.384 e. The highest BCUT2D eigenvalue weighted by molar-refractivity contribution is 5.94. The van der Waals surface area contributed by atoms with Gasteiger partial charge in [0.25, 0.3) is 5.91 Å².